The van der Waals surface area contributed by atoms with Crippen molar-refractivity contribution >= 4 is 11.6 Å². The second kappa shape index (κ2) is 4.88. The Labute approximate surface area is 107 Å². The third-order valence-corrected chi connectivity index (χ3v) is 3.75. The molecule has 1 aromatic heterocycles. The molecule has 2 heterocycles. The fourth-order valence-electron chi connectivity index (χ4n) is 2.60. The molecule has 94 valence electrons. The molecule has 0 amide bonds. The Kier molecular flexibility index (Phi) is 3.09. The van der Waals surface area contributed by atoms with Gasteiger partial charge in [-0.25, -0.2) is 9.97 Å². The van der Waals surface area contributed by atoms with Crippen LogP contribution in [0.3, 0.4) is 0 Å². The zero-order valence-electron chi connectivity index (χ0n) is 10.4. The van der Waals surface area contributed by atoms with Crippen LogP contribution in [-0.4, -0.2) is 28.8 Å². The van der Waals surface area contributed by atoms with Crippen LogP contribution in [0, 0.1) is 0 Å². The van der Waals surface area contributed by atoms with Gasteiger partial charge >= 0.3 is 0 Å². The van der Waals surface area contributed by atoms with Crippen molar-refractivity contribution in [1.29, 1.82) is 0 Å². The molecule has 1 aliphatic carbocycles. The van der Waals surface area contributed by atoms with E-state index in [0.717, 1.165) is 37.4 Å². The first-order valence-electron chi connectivity index (χ1n) is 6.56. The summed E-state index contributed by atoms with van der Waals surface area (Å²) in [6, 6.07) is 2.09. The van der Waals surface area contributed by atoms with Crippen molar-refractivity contribution < 1.29 is 4.79 Å². The van der Waals surface area contributed by atoms with Gasteiger partial charge in [-0.2, -0.15) is 0 Å². The number of carbonyl (C=O) groups is 1. The van der Waals surface area contributed by atoms with Gasteiger partial charge in [0.2, 0.25) is 0 Å². The highest BCUT2D eigenvalue weighted by Crippen LogP contribution is 2.29. The predicted octanol–water partition coefficient (Wildman–Crippen LogP) is 2.08. The second-order valence-corrected chi connectivity index (χ2v) is 4.97. The lowest BCUT2D eigenvalue weighted by molar-refractivity contribution is -0.119. The molecule has 4 nitrogen and oxygen atoms in total. The number of anilines is 1. The Morgan fingerprint density at radius 3 is 2.56 bits per heavy atom. The highest BCUT2D eigenvalue weighted by atomic mass is 16.1. The van der Waals surface area contributed by atoms with Crippen molar-refractivity contribution in [2.45, 2.75) is 31.6 Å². The highest BCUT2D eigenvalue weighted by molar-refractivity contribution is 5.80. The second-order valence-electron chi connectivity index (χ2n) is 4.97. The van der Waals surface area contributed by atoms with Crippen LogP contribution in [0.15, 0.2) is 24.5 Å². The van der Waals surface area contributed by atoms with E-state index < -0.39 is 0 Å². The van der Waals surface area contributed by atoms with Crippen LogP contribution in [0.5, 0.6) is 0 Å². The zero-order chi connectivity index (χ0) is 12.4. The van der Waals surface area contributed by atoms with Crippen LogP contribution >= 0.6 is 0 Å². The molecule has 4 heteroatoms. The van der Waals surface area contributed by atoms with E-state index in [0.29, 0.717) is 24.5 Å². The van der Waals surface area contributed by atoms with E-state index in [4.69, 9.17) is 0 Å². The summed E-state index contributed by atoms with van der Waals surface area (Å²) in [4.78, 5) is 22.2. The van der Waals surface area contributed by atoms with E-state index >= 15 is 0 Å². The molecule has 1 saturated heterocycles. The van der Waals surface area contributed by atoms with Crippen LogP contribution in [-0.2, 0) is 4.79 Å². The fraction of sp³-hybridized carbons (Fsp3) is 0.500. The van der Waals surface area contributed by atoms with Gasteiger partial charge in [-0.3, -0.25) is 4.79 Å². The summed E-state index contributed by atoms with van der Waals surface area (Å²) in [5, 5.41) is 0. The Hall–Kier alpha value is -1.71. The Bertz CT molecular complexity index is 466. The average molecular weight is 243 g/mol. The van der Waals surface area contributed by atoms with E-state index in [1.165, 1.54) is 0 Å². The monoisotopic (exact) mass is 243 g/mol. The molecular weight excluding hydrogens is 226 g/mol. The first-order valence-corrected chi connectivity index (χ1v) is 6.56. The van der Waals surface area contributed by atoms with Crippen LogP contribution in [0.2, 0.25) is 0 Å². The van der Waals surface area contributed by atoms with Gasteiger partial charge in [0.15, 0.2) is 0 Å². The number of nitrogens with zero attached hydrogens (tertiary/aromatic N) is 3. The molecule has 0 atom stereocenters. The normalized spacial score (nSPS) is 20.7. The molecule has 0 unspecified atom stereocenters. The van der Waals surface area contributed by atoms with Crippen LogP contribution in [0.25, 0.3) is 0 Å². The lowest BCUT2D eigenvalue weighted by Crippen LogP contribution is -2.34. The molecule has 1 aliphatic heterocycles. The number of rotatable bonds is 2. The van der Waals surface area contributed by atoms with Gasteiger partial charge in [-0.05, 0) is 12.8 Å². The van der Waals surface area contributed by atoms with E-state index in [1.807, 2.05) is 0 Å². The first kappa shape index (κ1) is 11.4. The minimum absolute atomic E-state index is 0.362. The van der Waals surface area contributed by atoms with E-state index in [-0.39, 0.29) is 0 Å². The maximum absolute atomic E-state index is 11.2. The number of hydrogen-bond acceptors (Lipinski definition) is 4. The quantitative estimate of drug-likeness (QED) is 0.746. The molecule has 0 radical (unpaired) electrons. The van der Waals surface area contributed by atoms with E-state index in [2.05, 4.69) is 33.1 Å². The molecule has 1 fully saturated rings. The Balaban J connectivity index is 1.76. The molecule has 0 spiro atoms. The van der Waals surface area contributed by atoms with Gasteiger partial charge in [0.25, 0.3) is 0 Å². The summed E-state index contributed by atoms with van der Waals surface area (Å²) in [5.74, 6) is 1.85. The minimum atomic E-state index is 0.362. The third kappa shape index (κ3) is 2.28. The molecular formula is C14H17N3O. The summed E-state index contributed by atoms with van der Waals surface area (Å²) in [5.41, 5.74) is 1.13. The molecule has 0 bridgehead atoms. The zero-order valence-corrected chi connectivity index (χ0v) is 10.4. The number of ketones is 1. The van der Waals surface area contributed by atoms with Crippen molar-refractivity contribution in [3.05, 3.63) is 30.2 Å². The van der Waals surface area contributed by atoms with Crippen molar-refractivity contribution in [1.82, 2.24) is 9.97 Å². The Morgan fingerprint density at radius 1 is 1.11 bits per heavy atom. The number of hydrogen-bond donors (Lipinski definition) is 0. The maximum Gasteiger partial charge on any atom is 0.136 e. The summed E-state index contributed by atoms with van der Waals surface area (Å²) < 4.78 is 0. The first-order chi connectivity index (χ1) is 8.83. The Morgan fingerprint density at radius 2 is 1.83 bits per heavy atom. The van der Waals surface area contributed by atoms with E-state index in [9.17, 15) is 4.79 Å². The van der Waals surface area contributed by atoms with Gasteiger partial charge in [0.05, 0.1) is 0 Å². The molecule has 3 rings (SSSR count). The van der Waals surface area contributed by atoms with Crippen molar-refractivity contribution in [2.24, 2.45) is 0 Å². The average Bonchev–Trinajstić information content (AvgIpc) is 2.94. The van der Waals surface area contributed by atoms with Gasteiger partial charge in [-0.1, -0.05) is 12.2 Å². The van der Waals surface area contributed by atoms with Gasteiger partial charge in [0, 0.05) is 43.6 Å². The smallest absolute Gasteiger partial charge is 0.136 e. The molecule has 1 aromatic rings. The van der Waals surface area contributed by atoms with Crippen molar-refractivity contribution in [3.63, 3.8) is 0 Å². The standard InChI is InChI=1S/C14H17N3O/c18-12-5-7-17(8-6-12)14-9-13(15-10-16-14)11-3-1-2-4-11/h1-2,9-11H,3-8H2. The van der Waals surface area contributed by atoms with Gasteiger partial charge in [0.1, 0.15) is 17.9 Å². The molecule has 2 aliphatic rings. The number of carbonyl (C=O) groups excluding carboxylic acids is 1. The lowest BCUT2D eigenvalue weighted by Gasteiger charge is -2.27. The highest BCUT2D eigenvalue weighted by Gasteiger charge is 2.20. The summed E-state index contributed by atoms with van der Waals surface area (Å²) in [7, 11) is 0. The fourth-order valence-corrected chi connectivity index (χ4v) is 2.60. The maximum atomic E-state index is 11.2. The van der Waals surface area contributed by atoms with Crippen LogP contribution in [0.1, 0.15) is 37.3 Å². The van der Waals surface area contributed by atoms with Crippen LogP contribution < -0.4 is 4.90 Å². The van der Waals surface area contributed by atoms with E-state index in [1.54, 1.807) is 6.33 Å². The minimum Gasteiger partial charge on any atom is -0.356 e. The number of allylic oxidation sites excluding steroid dienone is 2. The van der Waals surface area contributed by atoms with Crippen molar-refractivity contribution in [3.8, 4) is 0 Å². The predicted molar refractivity (Wildman–Crippen MR) is 69.6 cm³/mol. The summed E-state index contributed by atoms with van der Waals surface area (Å²) >= 11 is 0. The molecule has 0 aromatic carbocycles. The number of aromatic nitrogens is 2. The topological polar surface area (TPSA) is 46.1 Å². The number of piperidine rings is 1. The lowest BCUT2D eigenvalue weighted by atomic mass is 10.0. The largest absolute Gasteiger partial charge is 0.356 e. The molecule has 18 heavy (non-hydrogen) atoms. The van der Waals surface area contributed by atoms with Crippen molar-refractivity contribution in [2.75, 3.05) is 18.0 Å². The van der Waals surface area contributed by atoms with Gasteiger partial charge < -0.3 is 4.90 Å². The summed E-state index contributed by atoms with van der Waals surface area (Å²) in [6.45, 7) is 1.58. The molecule has 0 N–H and O–H groups in total. The molecule has 0 saturated carbocycles. The number of Topliss-reactive ketones (excluding diaryl/α,β-unsaturated/α-hetero) is 1. The third-order valence-electron chi connectivity index (χ3n) is 3.75. The SMILES string of the molecule is O=C1CCN(c2cc(C3CC=CC3)ncn2)CC1. The summed E-state index contributed by atoms with van der Waals surface area (Å²) in [6.07, 6.45) is 9.52. The van der Waals surface area contributed by atoms with Crippen LogP contribution in [0.4, 0.5) is 5.82 Å². The van der Waals surface area contributed by atoms with Gasteiger partial charge in [-0.15, -0.1) is 0 Å².